The van der Waals surface area contributed by atoms with Crippen LogP contribution in [0.25, 0.3) is 22.3 Å². The van der Waals surface area contributed by atoms with Crippen molar-refractivity contribution >= 4 is 22.8 Å². The van der Waals surface area contributed by atoms with Crippen LogP contribution in [0.15, 0.2) is 53.3 Å². The summed E-state index contributed by atoms with van der Waals surface area (Å²) in [5.41, 5.74) is 8.64. The fourth-order valence-electron chi connectivity index (χ4n) is 4.62. The van der Waals surface area contributed by atoms with Gasteiger partial charge < -0.3 is 20.3 Å². The Morgan fingerprint density at radius 2 is 1.79 bits per heavy atom. The van der Waals surface area contributed by atoms with Crippen molar-refractivity contribution in [2.45, 2.75) is 38.6 Å². The summed E-state index contributed by atoms with van der Waals surface area (Å²) in [6, 6.07) is 14.7. The molecular formula is C26H31N5O3. The maximum Gasteiger partial charge on any atom is 0.306 e. The molecule has 0 saturated carbocycles. The highest BCUT2D eigenvalue weighted by Crippen LogP contribution is 2.20. The molecule has 3 aromatic rings. The first-order valence-electron chi connectivity index (χ1n) is 11.8. The lowest BCUT2D eigenvalue weighted by Gasteiger charge is -2.29. The molecule has 4 N–H and O–H groups in total. The van der Waals surface area contributed by atoms with Crippen LogP contribution in [-0.4, -0.2) is 51.0 Å². The molecule has 0 radical (unpaired) electrons. The van der Waals surface area contributed by atoms with Crippen molar-refractivity contribution in [3.63, 3.8) is 0 Å². The lowest BCUT2D eigenvalue weighted by atomic mass is 9.97. The fraction of sp³-hybridized carbons (Fsp3) is 0.385. The monoisotopic (exact) mass is 461 g/mol. The van der Waals surface area contributed by atoms with E-state index in [0.29, 0.717) is 23.4 Å². The van der Waals surface area contributed by atoms with Crippen LogP contribution in [0.5, 0.6) is 0 Å². The van der Waals surface area contributed by atoms with Crippen molar-refractivity contribution in [3.05, 3.63) is 64.4 Å². The fourth-order valence-corrected chi connectivity index (χ4v) is 4.62. The highest BCUT2D eigenvalue weighted by atomic mass is 16.4. The molecule has 1 fully saturated rings. The molecule has 0 amide bonds. The van der Waals surface area contributed by atoms with Crippen molar-refractivity contribution in [1.82, 2.24) is 14.5 Å². The summed E-state index contributed by atoms with van der Waals surface area (Å²) in [4.78, 5) is 31.5. The average molecular weight is 462 g/mol. The molecule has 1 aliphatic heterocycles. The van der Waals surface area contributed by atoms with E-state index in [4.69, 9.17) is 16.2 Å². The van der Waals surface area contributed by atoms with Gasteiger partial charge in [-0.3, -0.25) is 15.0 Å². The van der Waals surface area contributed by atoms with E-state index in [9.17, 15) is 9.59 Å². The van der Waals surface area contributed by atoms with Gasteiger partial charge in [-0.15, -0.1) is 0 Å². The number of nitrogens with one attached hydrogen (secondary N) is 1. The Morgan fingerprint density at radius 1 is 1.06 bits per heavy atom. The van der Waals surface area contributed by atoms with Gasteiger partial charge in [-0.05, 0) is 63.5 Å². The van der Waals surface area contributed by atoms with Gasteiger partial charge in [-0.25, -0.2) is 4.98 Å². The lowest BCUT2D eigenvalue weighted by Crippen LogP contribution is -2.36. The lowest BCUT2D eigenvalue weighted by molar-refractivity contribution is -0.143. The van der Waals surface area contributed by atoms with Gasteiger partial charge in [0.2, 0.25) is 0 Å². The average Bonchev–Trinajstić information content (AvgIpc) is 2.85. The number of piperidine rings is 1. The molecule has 0 atom stereocenters. The number of aromatic nitrogens is 2. The third-order valence-electron chi connectivity index (χ3n) is 6.59. The van der Waals surface area contributed by atoms with Crippen molar-refractivity contribution in [1.29, 1.82) is 5.41 Å². The normalized spacial score (nSPS) is 14.9. The number of nitrogen functional groups attached to an aromatic ring is 1. The number of carbonyl (C=O) groups is 1. The number of para-hydroxylation sites is 2. The highest BCUT2D eigenvalue weighted by molar-refractivity contribution is 5.96. The van der Waals surface area contributed by atoms with Crippen LogP contribution in [0, 0.1) is 11.3 Å². The number of aryl methyl sites for hydroxylation is 1. The zero-order valence-corrected chi connectivity index (χ0v) is 19.2. The van der Waals surface area contributed by atoms with E-state index in [1.165, 1.54) is 0 Å². The van der Waals surface area contributed by atoms with Crippen LogP contribution in [0.1, 0.15) is 37.7 Å². The van der Waals surface area contributed by atoms with Crippen LogP contribution < -0.4 is 11.3 Å². The molecule has 178 valence electrons. The van der Waals surface area contributed by atoms with Gasteiger partial charge in [0.25, 0.3) is 5.56 Å². The number of benzene rings is 2. The molecule has 4 rings (SSSR count). The molecule has 1 aliphatic rings. The Kier molecular flexibility index (Phi) is 7.37. The van der Waals surface area contributed by atoms with Crippen LogP contribution >= 0.6 is 0 Å². The Balaban J connectivity index is 1.45. The second-order valence-corrected chi connectivity index (χ2v) is 8.92. The number of hydrogen-bond acceptors (Lipinski definition) is 5. The number of nitrogens with two attached hydrogens (primary N) is 1. The van der Waals surface area contributed by atoms with Gasteiger partial charge in [0.05, 0.1) is 17.0 Å². The Morgan fingerprint density at radius 3 is 2.53 bits per heavy atom. The summed E-state index contributed by atoms with van der Waals surface area (Å²) >= 11 is 0. The smallest absolute Gasteiger partial charge is 0.306 e. The minimum atomic E-state index is -0.679. The zero-order chi connectivity index (χ0) is 24.1. The van der Waals surface area contributed by atoms with E-state index in [1.54, 1.807) is 22.8 Å². The summed E-state index contributed by atoms with van der Waals surface area (Å²) in [7, 11) is 0. The van der Waals surface area contributed by atoms with Crippen molar-refractivity contribution < 1.29 is 9.90 Å². The van der Waals surface area contributed by atoms with Crippen LogP contribution in [-0.2, 0) is 11.3 Å². The Labute approximate surface area is 198 Å². The number of nitrogens with zero attached hydrogens (tertiary/aromatic N) is 3. The van der Waals surface area contributed by atoms with Gasteiger partial charge in [-0.2, -0.15) is 0 Å². The van der Waals surface area contributed by atoms with Gasteiger partial charge in [0.1, 0.15) is 11.5 Å². The number of hydrogen-bond donors (Lipinski definition) is 3. The van der Waals surface area contributed by atoms with E-state index < -0.39 is 5.97 Å². The molecule has 34 heavy (non-hydrogen) atoms. The third kappa shape index (κ3) is 5.34. The van der Waals surface area contributed by atoms with E-state index in [0.717, 1.165) is 62.8 Å². The van der Waals surface area contributed by atoms with E-state index >= 15 is 0 Å². The van der Waals surface area contributed by atoms with Gasteiger partial charge >= 0.3 is 5.97 Å². The number of amidine groups is 1. The Hall–Kier alpha value is -3.52. The molecule has 8 nitrogen and oxygen atoms in total. The molecule has 0 aliphatic carbocycles. The van der Waals surface area contributed by atoms with Crippen LogP contribution in [0.4, 0.5) is 0 Å². The van der Waals surface area contributed by atoms with E-state index in [1.807, 2.05) is 30.3 Å². The van der Waals surface area contributed by atoms with Gasteiger partial charge in [0, 0.05) is 17.7 Å². The first-order chi connectivity index (χ1) is 16.4. The zero-order valence-electron chi connectivity index (χ0n) is 19.2. The number of aliphatic carboxylic acids is 1. The number of carboxylic acid groups (broad SMARTS) is 1. The van der Waals surface area contributed by atoms with E-state index in [-0.39, 0.29) is 17.3 Å². The minimum Gasteiger partial charge on any atom is -0.481 e. The molecular weight excluding hydrogens is 430 g/mol. The SMILES string of the molecule is N=C(N)c1cccc(-c2nc3ccccc3n(CCCCCN3CCC(C(=O)O)CC3)c2=O)c1. The largest absolute Gasteiger partial charge is 0.481 e. The standard InChI is InChI=1S/C26H31N5O3/c27-24(28)20-8-6-7-19(17-20)23-25(32)31(22-10-3-2-9-21(22)29-23)14-5-1-4-13-30-15-11-18(12-16-30)26(33)34/h2-3,6-10,17-18H,1,4-5,11-16H2,(H3,27,28)(H,33,34). The van der Waals surface area contributed by atoms with Crippen molar-refractivity contribution in [2.75, 3.05) is 19.6 Å². The predicted octanol–water partition coefficient (Wildman–Crippen LogP) is 3.31. The predicted molar refractivity (Wildman–Crippen MR) is 133 cm³/mol. The minimum absolute atomic E-state index is 0.0462. The van der Waals surface area contributed by atoms with Gasteiger partial charge in [-0.1, -0.05) is 36.8 Å². The summed E-state index contributed by atoms with van der Waals surface area (Å²) in [6.45, 7) is 3.24. The molecule has 2 aromatic carbocycles. The van der Waals surface area contributed by atoms with Crippen molar-refractivity contribution in [2.24, 2.45) is 11.7 Å². The summed E-state index contributed by atoms with van der Waals surface area (Å²) in [6.07, 6.45) is 4.31. The van der Waals surface area contributed by atoms with Crippen LogP contribution in [0.3, 0.4) is 0 Å². The summed E-state index contributed by atoms with van der Waals surface area (Å²) < 4.78 is 1.80. The highest BCUT2D eigenvalue weighted by Gasteiger charge is 2.23. The maximum absolute atomic E-state index is 13.4. The summed E-state index contributed by atoms with van der Waals surface area (Å²) in [5, 5.41) is 16.8. The Bertz CT molecular complexity index is 1240. The molecule has 8 heteroatoms. The second kappa shape index (κ2) is 10.6. The maximum atomic E-state index is 13.4. The number of fused-ring (bicyclic) bond motifs is 1. The molecule has 0 bridgehead atoms. The topological polar surface area (TPSA) is 125 Å². The molecule has 1 saturated heterocycles. The molecule has 0 unspecified atom stereocenters. The molecule has 0 spiro atoms. The van der Waals surface area contributed by atoms with Crippen LogP contribution in [0.2, 0.25) is 0 Å². The second-order valence-electron chi connectivity index (χ2n) is 8.92. The van der Waals surface area contributed by atoms with E-state index in [2.05, 4.69) is 9.88 Å². The number of carboxylic acids is 1. The quantitative estimate of drug-likeness (QED) is 0.255. The number of unbranched alkanes of at least 4 members (excludes halogenated alkanes) is 2. The summed E-state index contributed by atoms with van der Waals surface area (Å²) in [5.74, 6) is -0.925. The van der Waals surface area contributed by atoms with Crippen molar-refractivity contribution in [3.8, 4) is 11.3 Å². The van der Waals surface area contributed by atoms with Gasteiger partial charge in [0.15, 0.2) is 0 Å². The first kappa shape index (κ1) is 23.6. The number of likely N-dealkylation sites (tertiary alicyclic amines) is 1. The first-order valence-corrected chi connectivity index (χ1v) is 11.8. The number of rotatable bonds is 9. The molecule has 2 heterocycles. The third-order valence-corrected chi connectivity index (χ3v) is 6.59. The molecule has 1 aromatic heterocycles.